The van der Waals surface area contributed by atoms with E-state index in [0.29, 0.717) is 19.3 Å². The molecule has 0 spiro atoms. The summed E-state index contributed by atoms with van der Waals surface area (Å²) in [5, 5.41) is 0. The zero-order chi connectivity index (χ0) is 39.8. The lowest BCUT2D eigenvalue weighted by molar-refractivity contribution is -0.175. The van der Waals surface area contributed by atoms with Crippen LogP contribution in [0.3, 0.4) is 0 Å². The summed E-state index contributed by atoms with van der Waals surface area (Å²) in [6.45, 7) is 14.9. The van der Waals surface area contributed by atoms with Crippen LogP contribution < -0.4 is 0 Å². The standard InChI is InChI=1S/C40H66O13/c1-23(15-16-34-20-35(46-10)19-24(2)48-34)39(51-30(8)44)27(5)40(52-31(9)45)26(4)38(50-29(7)43)22-37(49-28(6)42)25(3)36(47-11)21-33-14-12-13-32(53-33)17-18-41/h12-13,18,23-27,32-40H,14-17,19-22H2,1-11H3/t23-,24-,25+,26-,27-,32-,33-,34-,35+,36-,37-,38+,39-,40-/m0/s1. The Morgan fingerprint density at radius 2 is 1.34 bits per heavy atom. The predicted octanol–water partition coefficient (Wildman–Crippen LogP) is 5.72. The average Bonchev–Trinajstić information content (AvgIpc) is 3.08. The minimum atomic E-state index is -0.870. The third kappa shape index (κ3) is 15.8. The fraction of sp³-hybridized carbons (Fsp3) is 0.825. The number of rotatable bonds is 22. The van der Waals surface area contributed by atoms with Gasteiger partial charge in [0.1, 0.15) is 30.7 Å². The highest BCUT2D eigenvalue weighted by Gasteiger charge is 2.43. The molecule has 0 radical (unpaired) electrons. The zero-order valence-corrected chi connectivity index (χ0v) is 33.8. The van der Waals surface area contributed by atoms with Crippen LogP contribution in [0.2, 0.25) is 0 Å². The van der Waals surface area contributed by atoms with Crippen LogP contribution in [0.15, 0.2) is 12.2 Å². The molecule has 1 fully saturated rings. The topological polar surface area (TPSA) is 159 Å². The van der Waals surface area contributed by atoms with Crippen molar-refractivity contribution in [3.63, 3.8) is 0 Å². The van der Waals surface area contributed by atoms with Crippen LogP contribution in [0.25, 0.3) is 0 Å². The second-order valence-corrected chi connectivity index (χ2v) is 15.1. The van der Waals surface area contributed by atoms with Crippen LogP contribution in [-0.2, 0) is 61.9 Å². The molecule has 0 unspecified atom stereocenters. The molecule has 14 atom stereocenters. The zero-order valence-electron chi connectivity index (χ0n) is 33.8. The van der Waals surface area contributed by atoms with Crippen molar-refractivity contribution in [2.75, 3.05) is 14.2 Å². The summed E-state index contributed by atoms with van der Waals surface area (Å²) in [6, 6.07) is 0. The molecule has 0 N–H and O–H groups in total. The summed E-state index contributed by atoms with van der Waals surface area (Å²) in [7, 11) is 3.29. The molecule has 13 heteroatoms. The number of carbonyl (C=O) groups is 5. The van der Waals surface area contributed by atoms with Gasteiger partial charge in [-0.25, -0.2) is 0 Å². The van der Waals surface area contributed by atoms with E-state index in [-0.39, 0.29) is 55.2 Å². The van der Waals surface area contributed by atoms with E-state index >= 15 is 0 Å². The highest BCUT2D eigenvalue weighted by atomic mass is 16.6. The van der Waals surface area contributed by atoms with Gasteiger partial charge >= 0.3 is 23.9 Å². The number of esters is 4. The number of aldehydes is 1. The predicted molar refractivity (Wildman–Crippen MR) is 196 cm³/mol. The fourth-order valence-electron chi connectivity index (χ4n) is 7.94. The van der Waals surface area contributed by atoms with Crippen molar-refractivity contribution in [2.24, 2.45) is 23.7 Å². The Hall–Kier alpha value is -2.87. The summed E-state index contributed by atoms with van der Waals surface area (Å²) in [6.07, 6.45) is 5.21. The average molecular weight is 755 g/mol. The van der Waals surface area contributed by atoms with Gasteiger partial charge in [0.2, 0.25) is 0 Å². The third-order valence-corrected chi connectivity index (χ3v) is 10.6. The van der Waals surface area contributed by atoms with Crippen LogP contribution in [0, 0.1) is 23.7 Å². The summed E-state index contributed by atoms with van der Waals surface area (Å²) < 4.78 is 47.5. The summed E-state index contributed by atoms with van der Waals surface area (Å²) >= 11 is 0. The normalized spacial score (nSPS) is 26.7. The maximum absolute atomic E-state index is 12.6. The molecular formula is C40H66O13. The molecule has 0 aromatic heterocycles. The van der Waals surface area contributed by atoms with Crippen molar-refractivity contribution in [1.29, 1.82) is 0 Å². The molecule has 0 aromatic rings. The smallest absolute Gasteiger partial charge is 0.302 e. The van der Waals surface area contributed by atoms with E-state index in [1.54, 1.807) is 14.2 Å². The second kappa shape index (κ2) is 23.1. The Bertz CT molecular complexity index is 1190. The minimum absolute atomic E-state index is 0.00832. The van der Waals surface area contributed by atoms with Crippen molar-refractivity contribution >= 4 is 30.2 Å². The van der Waals surface area contributed by atoms with Crippen LogP contribution in [-0.4, -0.2) is 105 Å². The van der Waals surface area contributed by atoms with Crippen molar-refractivity contribution in [1.82, 2.24) is 0 Å². The molecule has 0 bridgehead atoms. The van der Waals surface area contributed by atoms with Gasteiger partial charge in [0.05, 0.1) is 36.6 Å². The Kier molecular flexibility index (Phi) is 20.2. The first kappa shape index (κ1) is 46.3. The van der Waals surface area contributed by atoms with Crippen LogP contribution in [0.1, 0.15) is 114 Å². The van der Waals surface area contributed by atoms with E-state index in [1.807, 2.05) is 46.8 Å². The summed E-state index contributed by atoms with van der Waals surface area (Å²) in [5.41, 5.74) is 0. The highest BCUT2D eigenvalue weighted by Crippen LogP contribution is 2.35. The lowest BCUT2D eigenvalue weighted by Crippen LogP contribution is -2.48. The van der Waals surface area contributed by atoms with E-state index in [2.05, 4.69) is 0 Å². The number of methoxy groups -OCH3 is 2. The lowest BCUT2D eigenvalue weighted by atomic mass is 9.78. The van der Waals surface area contributed by atoms with Gasteiger partial charge in [-0.15, -0.1) is 0 Å². The molecule has 1 saturated heterocycles. The van der Waals surface area contributed by atoms with Gasteiger partial charge in [-0.3, -0.25) is 19.2 Å². The molecule has 304 valence electrons. The SMILES string of the molecule is CO[C@H]1C[C@H](CC[C@H](C)[C@H](OC(C)=O)[C@H](C)[C@@H](OC(C)=O)[C@@H](C)[C@@H](C[C@H](OC(C)=O)[C@H](C)[C@H](C[C@@H]2CC=C[C@@H](CC=O)O2)OC)OC(C)=O)O[C@@H](C)C1. The Balaban J connectivity index is 2.36. The van der Waals surface area contributed by atoms with E-state index in [4.69, 9.17) is 37.9 Å². The number of hydrogen-bond acceptors (Lipinski definition) is 13. The molecule has 2 aliphatic rings. The van der Waals surface area contributed by atoms with Gasteiger partial charge in [0.25, 0.3) is 0 Å². The Labute approximate surface area is 316 Å². The maximum Gasteiger partial charge on any atom is 0.302 e. The van der Waals surface area contributed by atoms with Crippen LogP contribution in [0.4, 0.5) is 0 Å². The van der Waals surface area contributed by atoms with Gasteiger partial charge in [0.15, 0.2) is 0 Å². The molecule has 0 aromatic carbocycles. The van der Waals surface area contributed by atoms with Crippen molar-refractivity contribution in [3.05, 3.63) is 12.2 Å². The first-order valence-electron chi connectivity index (χ1n) is 19.1. The van der Waals surface area contributed by atoms with Gasteiger partial charge in [-0.1, -0.05) is 39.8 Å². The van der Waals surface area contributed by atoms with Crippen LogP contribution in [0.5, 0.6) is 0 Å². The largest absolute Gasteiger partial charge is 0.462 e. The second-order valence-electron chi connectivity index (χ2n) is 15.1. The number of hydrogen-bond donors (Lipinski definition) is 0. The molecule has 2 rings (SSSR count). The van der Waals surface area contributed by atoms with Gasteiger partial charge in [-0.05, 0) is 44.9 Å². The molecule has 0 aliphatic carbocycles. The first-order chi connectivity index (χ1) is 25.0. The van der Waals surface area contributed by atoms with E-state index < -0.39 is 66.2 Å². The van der Waals surface area contributed by atoms with E-state index in [9.17, 15) is 24.0 Å². The molecule has 53 heavy (non-hydrogen) atoms. The monoisotopic (exact) mass is 754 g/mol. The molecule has 2 aliphatic heterocycles. The van der Waals surface area contributed by atoms with Crippen molar-refractivity contribution in [3.8, 4) is 0 Å². The molecule has 13 nitrogen and oxygen atoms in total. The molecule has 2 heterocycles. The maximum atomic E-state index is 12.6. The summed E-state index contributed by atoms with van der Waals surface area (Å²) in [5.74, 6) is -3.74. The quantitative estimate of drug-likeness (QED) is 0.0573. The Morgan fingerprint density at radius 1 is 0.755 bits per heavy atom. The minimum Gasteiger partial charge on any atom is -0.462 e. The highest BCUT2D eigenvalue weighted by molar-refractivity contribution is 5.67. The van der Waals surface area contributed by atoms with E-state index in [0.717, 1.165) is 25.5 Å². The number of ether oxygens (including phenoxy) is 8. The first-order valence-corrected chi connectivity index (χ1v) is 19.1. The molecule has 0 saturated carbocycles. The molecule has 0 amide bonds. The van der Waals surface area contributed by atoms with Crippen LogP contribution >= 0.6 is 0 Å². The Morgan fingerprint density at radius 3 is 1.89 bits per heavy atom. The molecular weight excluding hydrogens is 688 g/mol. The van der Waals surface area contributed by atoms with Gasteiger partial charge in [-0.2, -0.15) is 0 Å². The fourth-order valence-corrected chi connectivity index (χ4v) is 7.94. The summed E-state index contributed by atoms with van der Waals surface area (Å²) in [4.78, 5) is 61.2. The number of carbonyl (C=O) groups excluding carboxylic acids is 5. The third-order valence-electron chi connectivity index (χ3n) is 10.6. The van der Waals surface area contributed by atoms with E-state index in [1.165, 1.54) is 27.7 Å². The lowest BCUT2D eigenvalue weighted by Gasteiger charge is -2.40. The van der Waals surface area contributed by atoms with Gasteiger partial charge in [0, 0.05) is 78.9 Å². The van der Waals surface area contributed by atoms with Crippen molar-refractivity contribution in [2.45, 2.75) is 175 Å². The van der Waals surface area contributed by atoms with Gasteiger partial charge < -0.3 is 42.7 Å². The van der Waals surface area contributed by atoms with Crippen molar-refractivity contribution < 1.29 is 61.9 Å².